The monoisotopic (exact) mass is 261 g/mol. The predicted molar refractivity (Wildman–Crippen MR) is 73.9 cm³/mol. The number of hydrogen-bond acceptors (Lipinski definition) is 4. The van der Waals surface area contributed by atoms with Gasteiger partial charge in [-0.05, 0) is 43.4 Å². The van der Waals surface area contributed by atoms with Gasteiger partial charge in [0.25, 0.3) is 0 Å². The van der Waals surface area contributed by atoms with Gasteiger partial charge in [0.05, 0.1) is 5.52 Å². The lowest BCUT2D eigenvalue weighted by atomic mass is 9.92. The number of benzene rings is 1. The molecular formula is C14H19N3O2. The van der Waals surface area contributed by atoms with E-state index < -0.39 is 5.76 Å². The van der Waals surface area contributed by atoms with Gasteiger partial charge >= 0.3 is 5.76 Å². The summed E-state index contributed by atoms with van der Waals surface area (Å²) in [6.45, 7) is 0.809. The van der Waals surface area contributed by atoms with Crippen molar-refractivity contribution in [3.63, 3.8) is 0 Å². The Morgan fingerprint density at radius 1 is 1.32 bits per heavy atom. The van der Waals surface area contributed by atoms with Crippen LogP contribution in [0.4, 0.5) is 0 Å². The van der Waals surface area contributed by atoms with Crippen molar-refractivity contribution in [1.82, 2.24) is 10.3 Å². The Morgan fingerprint density at radius 2 is 2.11 bits per heavy atom. The summed E-state index contributed by atoms with van der Waals surface area (Å²) in [5, 5.41) is 3.55. The van der Waals surface area contributed by atoms with Crippen LogP contribution in [0.15, 0.2) is 27.4 Å². The lowest BCUT2D eigenvalue weighted by Gasteiger charge is -2.26. The summed E-state index contributed by atoms with van der Waals surface area (Å²) in [7, 11) is 0. The molecule has 0 atom stereocenters. The Morgan fingerprint density at radius 3 is 2.89 bits per heavy atom. The molecule has 102 valence electrons. The summed E-state index contributed by atoms with van der Waals surface area (Å²) >= 11 is 0. The number of nitrogens with two attached hydrogens (primary N) is 1. The highest BCUT2D eigenvalue weighted by molar-refractivity contribution is 5.72. The first-order chi connectivity index (χ1) is 9.20. The van der Waals surface area contributed by atoms with Gasteiger partial charge in [0.1, 0.15) is 0 Å². The Labute approximate surface area is 111 Å². The van der Waals surface area contributed by atoms with Crippen molar-refractivity contribution in [1.29, 1.82) is 0 Å². The third kappa shape index (κ3) is 2.88. The normalized spacial score (nSPS) is 23.8. The molecular weight excluding hydrogens is 242 g/mol. The summed E-state index contributed by atoms with van der Waals surface area (Å²) in [4.78, 5) is 13.8. The van der Waals surface area contributed by atoms with Crippen molar-refractivity contribution in [2.75, 3.05) is 0 Å². The van der Waals surface area contributed by atoms with E-state index in [0.717, 1.165) is 43.3 Å². The lowest BCUT2D eigenvalue weighted by Crippen LogP contribution is -2.37. The SMILES string of the molecule is NC1CCC(NCc2ccc3oc(=O)[nH]c3c2)CC1. The van der Waals surface area contributed by atoms with Crippen LogP contribution in [0.5, 0.6) is 0 Å². The number of rotatable bonds is 3. The molecule has 0 unspecified atom stereocenters. The maximum atomic E-state index is 11.1. The molecule has 0 amide bonds. The van der Waals surface area contributed by atoms with Crippen LogP contribution in [0.1, 0.15) is 31.2 Å². The maximum Gasteiger partial charge on any atom is 0.417 e. The van der Waals surface area contributed by atoms with E-state index in [1.165, 1.54) is 0 Å². The first-order valence-corrected chi connectivity index (χ1v) is 6.81. The van der Waals surface area contributed by atoms with Crippen LogP contribution < -0.4 is 16.8 Å². The topological polar surface area (TPSA) is 84.0 Å². The average Bonchev–Trinajstić information content (AvgIpc) is 2.77. The zero-order chi connectivity index (χ0) is 13.2. The molecule has 5 nitrogen and oxygen atoms in total. The molecule has 1 heterocycles. The van der Waals surface area contributed by atoms with Crippen LogP contribution in [0.3, 0.4) is 0 Å². The molecule has 19 heavy (non-hydrogen) atoms. The van der Waals surface area contributed by atoms with Crippen molar-refractivity contribution < 1.29 is 4.42 Å². The molecule has 2 aromatic rings. The number of aromatic nitrogens is 1. The lowest BCUT2D eigenvalue weighted by molar-refractivity contribution is 0.342. The van der Waals surface area contributed by atoms with Gasteiger partial charge in [-0.2, -0.15) is 0 Å². The van der Waals surface area contributed by atoms with E-state index in [0.29, 0.717) is 17.7 Å². The molecule has 0 spiro atoms. The van der Waals surface area contributed by atoms with Crippen LogP contribution in [0, 0.1) is 0 Å². The standard InChI is InChI=1S/C14H19N3O2/c15-10-2-4-11(5-3-10)16-8-9-1-6-13-12(7-9)17-14(18)19-13/h1,6-7,10-11,16H,2-5,8,15H2,(H,17,18). The fraction of sp³-hybridized carbons (Fsp3) is 0.500. The minimum absolute atomic E-state index is 0.380. The fourth-order valence-corrected chi connectivity index (χ4v) is 2.69. The van der Waals surface area contributed by atoms with Gasteiger partial charge < -0.3 is 15.5 Å². The van der Waals surface area contributed by atoms with Gasteiger partial charge in [0.15, 0.2) is 5.58 Å². The third-order valence-corrected chi connectivity index (χ3v) is 3.85. The van der Waals surface area contributed by atoms with Crippen molar-refractivity contribution in [2.45, 2.75) is 44.3 Å². The highest BCUT2D eigenvalue weighted by atomic mass is 16.4. The average molecular weight is 261 g/mol. The molecule has 0 radical (unpaired) electrons. The van der Waals surface area contributed by atoms with E-state index in [4.69, 9.17) is 10.2 Å². The number of nitrogens with one attached hydrogen (secondary N) is 2. The Balaban J connectivity index is 1.63. The molecule has 3 rings (SSSR count). The minimum Gasteiger partial charge on any atom is -0.408 e. The molecule has 0 saturated heterocycles. The Hall–Kier alpha value is -1.59. The highest BCUT2D eigenvalue weighted by Gasteiger charge is 2.17. The van der Waals surface area contributed by atoms with Crippen molar-refractivity contribution in [3.05, 3.63) is 34.3 Å². The molecule has 1 fully saturated rings. The second-order valence-corrected chi connectivity index (χ2v) is 5.34. The molecule has 1 aromatic heterocycles. The zero-order valence-electron chi connectivity index (χ0n) is 10.8. The molecule has 1 aromatic carbocycles. The number of hydrogen-bond donors (Lipinski definition) is 3. The van der Waals surface area contributed by atoms with Crippen LogP contribution in [-0.2, 0) is 6.54 Å². The van der Waals surface area contributed by atoms with Gasteiger partial charge in [-0.25, -0.2) is 4.79 Å². The van der Waals surface area contributed by atoms with Crippen LogP contribution >= 0.6 is 0 Å². The van der Waals surface area contributed by atoms with E-state index >= 15 is 0 Å². The molecule has 0 bridgehead atoms. The van der Waals surface area contributed by atoms with Gasteiger partial charge in [0, 0.05) is 18.6 Å². The second kappa shape index (κ2) is 5.19. The quantitative estimate of drug-likeness (QED) is 0.781. The summed E-state index contributed by atoms with van der Waals surface area (Å²) in [6, 6.07) is 6.72. The summed E-state index contributed by atoms with van der Waals surface area (Å²) in [6.07, 6.45) is 4.50. The van der Waals surface area contributed by atoms with Crippen molar-refractivity contribution >= 4 is 11.1 Å². The molecule has 1 saturated carbocycles. The largest absolute Gasteiger partial charge is 0.417 e. The van der Waals surface area contributed by atoms with Crippen LogP contribution in [0.2, 0.25) is 0 Å². The Bertz CT molecular complexity index is 608. The third-order valence-electron chi connectivity index (χ3n) is 3.85. The number of aromatic amines is 1. The predicted octanol–water partition coefficient (Wildman–Crippen LogP) is 1.48. The van der Waals surface area contributed by atoms with Crippen LogP contribution in [-0.4, -0.2) is 17.1 Å². The van der Waals surface area contributed by atoms with Crippen LogP contribution in [0.25, 0.3) is 11.1 Å². The van der Waals surface area contributed by atoms with E-state index in [1.54, 1.807) is 0 Å². The van der Waals surface area contributed by atoms with E-state index in [2.05, 4.69) is 10.3 Å². The molecule has 0 aliphatic heterocycles. The van der Waals surface area contributed by atoms with E-state index in [-0.39, 0.29) is 0 Å². The summed E-state index contributed by atoms with van der Waals surface area (Å²) < 4.78 is 4.98. The Kier molecular flexibility index (Phi) is 3.40. The molecule has 1 aliphatic rings. The first kappa shape index (κ1) is 12.4. The van der Waals surface area contributed by atoms with Crippen molar-refractivity contribution in [3.8, 4) is 0 Å². The molecule has 1 aliphatic carbocycles. The van der Waals surface area contributed by atoms with E-state index in [1.807, 2.05) is 18.2 Å². The highest BCUT2D eigenvalue weighted by Crippen LogP contribution is 2.18. The minimum atomic E-state index is -0.402. The smallest absolute Gasteiger partial charge is 0.408 e. The summed E-state index contributed by atoms with van der Waals surface area (Å²) in [5.41, 5.74) is 8.42. The van der Waals surface area contributed by atoms with E-state index in [9.17, 15) is 4.79 Å². The second-order valence-electron chi connectivity index (χ2n) is 5.34. The number of H-pyrrole nitrogens is 1. The number of fused-ring (bicyclic) bond motifs is 1. The fourth-order valence-electron chi connectivity index (χ4n) is 2.69. The molecule has 4 N–H and O–H groups in total. The van der Waals surface area contributed by atoms with Gasteiger partial charge in [-0.3, -0.25) is 4.98 Å². The maximum absolute atomic E-state index is 11.1. The van der Waals surface area contributed by atoms with Gasteiger partial charge in [0.2, 0.25) is 0 Å². The van der Waals surface area contributed by atoms with Crippen molar-refractivity contribution in [2.24, 2.45) is 5.73 Å². The first-order valence-electron chi connectivity index (χ1n) is 6.81. The molecule has 5 heteroatoms. The zero-order valence-corrected chi connectivity index (χ0v) is 10.8. The van der Waals surface area contributed by atoms with Gasteiger partial charge in [-0.15, -0.1) is 0 Å². The summed E-state index contributed by atoms with van der Waals surface area (Å²) in [5.74, 6) is -0.402. The van der Waals surface area contributed by atoms with Gasteiger partial charge in [-0.1, -0.05) is 6.07 Å². The number of oxazole rings is 1.